The van der Waals surface area contributed by atoms with Gasteiger partial charge in [0, 0.05) is 58.1 Å². The Kier molecular flexibility index (Phi) is 7.94. The van der Waals surface area contributed by atoms with Crippen LogP contribution in [0, 0.1) is 0 Å². The Morgan fingerprint density at radius 3 is 2.54 bits per heavy atom. The summed E-state index contributed by atoms with van der Waals surface area (Å²) in [4.78, 5) is 7.21. The molecule has 0 bridgehead atoms. The van der Waals surface area contributed by atoms with E-state index in [0.29, 0.717) is 0 Å². The van der Waals surface area contributed by atoms with Gasteiger partial charge in [-0.25, -0.2) is 0 Å². The summed E-state index contributed by atoms with van der Waals surface area (Å²) in [5, 5.41) is 8.57. The molecule has 1 aliphatic rings. The molecule has 6 nitrogen and oxygen atoms in total. The van der Waals surface area contributed by atoms with Crippen LogP contribution in [-0.4, -0.2) is 82.0 Å². The van der Waals surface area contributed by atoms with E-state index in [1.54, 1.807) is 0 Å². The average Bonchev–Trinajstić information content (AvgIpc) is 3.00. The molecule has 1 aliphatic heterocycles. The molecule has 0 aliphatic carbocycles. The van der Waals surface area contributed by atoms with Gasteiger partial charge in [-0.2, -0.15) is 5.10 Å². The zero-order chi connectivity index (χ0) is 17.4. The van der Waals surface area contributed by atoms with E-state index in [9.17, 15) is 0 Å². The third kappa shape index (κ3) is 6.03. The molecule has 2 heterocycles. The first-order valence-electron chi connectivity index (χ1n) is 9.07. The standard InChI is InChI=1S/C17H32N6S/c1-4-21(5-2)8-6-7-18-17(24)23-11-9-22(10-12-23)15-16-13-19-20(3)14-16/h13-14H,4-12,15H2,1-3H3,(H,18,24). The van der Waals surface area contributed by atoms with Crippen molar-refractivity contribution in [1.29, 1.82) is 0 Å². The maximum atomic E-state index is 5.55. The summed E-state index contributed by atoms with van der Waals surface area (Å²) in [6, 6.07) is 0. The lowest BCUT2D eigenvalue weighted by atomic mass is 10.2. The van der Waals surface area contributed by atoms with E-state index in [-0.39, 0.29) is 0 Å². The number of hydrogen-bond donors (Lipinski definition) is 1. The van der Waals surface area contributed by atoms with Crippen LogP contribution in [0.3, 0.4) is 0 Å². The molecule has 0 radical (unpaired) electrons. The highest BCUT2D eigenvalue weighted by atomic mass is 32.1. The maximum absolute atomic E-state index is 5.55. The highest BCUT2D eigenvalue weighted by molar-refractivity contribution is 7.80. The van der Waals surface area contributed by atoms with Gasteiger partial charge >= 0.3 is 0 Å². The Labute approximate surface area is 151 Å². The molecule has 1 saturated heterocycles. The Morgan fingerprint density at radius 2 is 1.96 bits per heavy atom. The van der Waals surface area contributed by atoms with Gasteiger partial charge in [-0.05, 0) is 38.3 Å². The van der Waals surface area contributed by atoms with E-state index in [1.807, 2.05) is 17.9 Å². The van der Waals surface area contributed by atoms with Gasteiger partial charge in [0.15, 0.2) is 5.11 Å². The van der Waals surface area contributed by atoms with Crippen LogP contribution in [0.15, 0.2) is 12.4 Å². The number of piperazine rings is 1. The lowest BCUT2D eigenvalue weighted by molar-refractivity contribution is 0.174. The number of hydrogen-bond acceptors (Lipinski definition) is 4. The van der Waals surface area contributed by atoms with Crippen LogP contribution in [0.25, 0.3) is 0 Å². The van der Waals surface area contributed by atoms with E-state index < -0.39 is 0 Å². The number of nitrogens with one attached hydrogen (secondary N) is 1. The minimum atomic E-state index is 0.913. The fourth-order valence-corrected chi connectivity index (χ4v) is 3.36. The molecule has 0 spiro atoms. The van der Waals surface area contributed by atoms with Crippen molar-refractivity contribution in [1.82, 2.24) is 29.8 Å². The van der Waals surface area contributed by atoms with E-state index in [1.165, 1.54) is 5.56 Å². The van der Waals surface area contributed by atoms with Gasteiger partial charge in [0.05, 0.1) is 6.20 Å². The topological polar surface area (TPSA) is 39.6 Å². The quantitative estimate of drug-likeness (QED) is 0.559. The van der Waals surface area contributed by atoms with Crippen LogP contribution < -0.4 is 5.32 Å². The van der Waals surface area contributed by atoms with Crippen LogP contribution in [-0.2, 0) is 13.6 Å². The number of rotatable bonds is 8. The van der Waals surface area contributed by atoms with Gasteiger partial charge in [-0.3, -0.25) is 9.58 Å². The second kappa shape index (κ2) is 9.96. The van der Waals surface area contributed by atoms with Crippen LogP contribution >= 0.6 is 12.2 Å². The molecular weight excluding hydrogens is 320 g/mol. The molecular formula is C17H32N6S. The van der Waals surface area contributed by atoms with Crippen LogP contribution in [0.1, 0.15) is 25.8 Å². The SMILES string of the molecule is CCN(CC)CCCNC(=S)N1CCN(Cc2cnn(C)c2)CC1. The van der Waals surface area contributed by atoms with Gasteiger partial charge in [0.2, 0.25) is 0 Å². The third-order valence-corrected chi connectivity index (χ3v) is 5.05. The number of aromatic nitrogens is 2. The van der Waals surface area contributed by atoms with Crippen molar-refractivity contribution in [2.24, 2.45) is 7.05 Å². The molecule has 7 heteroatoms. The predicted octanol–water partition coefficient (Wildman–Crippen LogP) is 1.14. The molecule has 1 aromatic rings. The Balaban J connectivity index is 1.61. The van der Waals surface area contributed by atoms with Crippen molar-refractivity contribution in [2.45, 2.75) is 26.8 Å². The summed E-state index contributed by atoms with van der Waals surface area (Å²) >= 11 is 5.55. The smallest absolute Gasteiger partial charge is 0.169 e. The molecule has 24 heavy (non-hydrogen) atoms. The molecule has 1 aromatic heterocycles. The van der Waals surface area contributed by atoms with Crippen LogP contribution in [0.4, 0.5) is 0 Å². The molecule has 0 unspecified atom stereocenters. The van der Waals surface area contributed by atoms with Crippen molar-refractivity contribution in [2.75, 3.05) is 52.4 Å². The Hall–Kier alpha value is -1.18. The molecule has 1 N–H and O–H groups in total. The first-order valence-corrected chi connectivity index (χ1v) is 9.48. The van der Waals surface area contributed by atoms with E-state index in [0.717, 1.165) is 70.4 Å². The van der Waals surface area contributed by atoms with Crippen molar-refractivity contribution < 1.29 is 0 Å². The maximum Gasteiger partial charge on any atom is 0.169 e. The van der Waals surface area contributed by atoms with Crippen molar-refractivity contribution in [3.63, 3.8) is 0 Å². The molecule has 0 aromatic carbocycles. The molecule has 0 atom stereocenters. The van der Waals surface area contributed by atoms with Gasteiger partial charge in [-0.1, -0.05) is 13.8 Å². The lowest BCUT2D eigenvalue weighted by Gasteiger charge is -2.36. The van der Waals surface area contributed by atoms with Gasteiger partial charge in [-0.15, -0.1) is 0 Å². The summed E-state index contributed by atoms with van der Waals surface area (Å²) in [6.07, 6.45) is 5.19. The van der Waals surface area contributed by atoms with Crippen LogP contribution in [0.5, 0.6) is 0 Å². The summed E-state index contributed by atoms with van der Waals surface area (Å²) in [6.45, 7) is 13.9. The second-order valence-electron chi connectivity index (χ2n) is 6.40. The normalized spacial score (nSPS) is 15.9. The van der Waals surface area contributed by atoms with Gasteiger partial charge in [0.1, 0.15) is 0 Å². The highest BCUT2D eigenvalue weighted by Gasteiger charge is 2.19. The molecule has 0 saturated carbocycles. The zero-order valence-corrected chi connectivity index (χ0v) is 16.2. The first kappa shape index (κ1) is 19.1. The zero-order valence-electron chi connectivity index (χ0n) is 15.4. The molecule has 0 amide bonds. The average molecular weight is 353 g/mol. The fourth-order valence-electron chi connectivity index (χ4n) is 3.07. The van der Waals surface area contributed by atoms with E-state index >= 15 is 0 Å². The predicted molar refractivity (Wildman–Crippen MR) is 103 cm³/mol. The van der Waals surface area contributed by atoms with Crippen LogP contribution in [0.2, 0.25) is 0 Å². The molecule has 2 rings (SSSR count). The van der Waals surface area contributed by atoms with Crippen molar-refractivity contribution in [3.05, 3.63) is 18.0 Å². The minimum Gasteiger partial charge on any atom is -0.363 e. The number of thiocarbonyl (C=S) groups is 1. The third-order valence-electron chi connectivity index (χ3n) is 4.65. The fraction of sp³-hybridized carbons (Fsp3) is 0.765. The first-order chi connectivity index (χ1) is 11.6. The van der Waals surface area contributed by atoms with Gasteiger partial charge in [0.25, 0.3) is 0 Å². The summed E-state index contributed by atoms with van der Waals surface area (Å²) in [5.74, 6) is 0. The highest BCUT2D eigenvalue weighted by Crippen LogP contribution is 2.08. The van der Waals surface area contributed by atoms with Crippen molar-refractivity contribution in [3.8, 4) is 0 Å². The van der Waals surface area contributed by atoms with E-state index in [4.69, 9.17) is 12.2 Å². The second-order valence-corrected chi connectivity index (χ2v) is 6.78. The summed E-state index contributed by atoms with van der Waals surface area (Å²) in [5.41, 5.74) is 1.28. The van der Waals surface area contributed by atoms with E-state index in [2.05, 4.69) is 45.2 Å². The molecule has 136 valence electrons. The minimum absolute atomic E-state index is 0.913. The lowest BCUT2D eigenvalue weighted by Crippen LogP contribution is -2.51. The van der Waals surface area contributed by atoms with Crippen molar-refractivity contribution >= 4 is 17.3 Å². The largest absolute Gasteiger partial charge is 0.363 e. The number of nitrogens with zero attached hydrogens (tertiary/aromatic N) is 5. The Morgan fingerprint density at radius 1 is 1.25 bits per heavy atom. The Bertz CT molecular complexity index is 491. The molecule has 1 fully saturated rings. The monoisotopic (exact) mass is 352 g/mol. The van der Waals surface area contributed by atoms with Gasteiger partial charge < -0.3 is 15.1 Å². The summed E-state index contributed by atoms with van der Waals surface area (Å²) in [7, 11) is 1.96. The number of aryl methyl sites for hydroxylation is 1. The summed E-state index contributed by atoms with van der Waals surface area (Å²) < 4.78 is 1.86.